The van der Waals surface area contributed by atoms with Crippen molar-refractivity contribution in [3.63, 3.8) is 0 Å². The van der Waals surface area contributed by atoms with Crippen LogP contribution in [0.5, 0.6) is 0 Å². The molecule has 0 fully saturated rings. The summed E-state index contributed by atoms with van der Waals surface area (Å²) in [6.07, 6.45) is -4.14. The monoisotopic (exact) mass is 256 g/mol. The van der Waals surface area contributed by atoms with Gasteiger partial charge in [-0.05, 0) is 20.8 Å². The molecule has 0 aliphatic carbocycles. The lowest BCUT2D eigenvalue weighted by molar-refractivity contribution is -0.149. The largest absolute Gasteiger partial charge is 0.401 e. The molecular formula is C11H23F3N2O. The van der Waals surface area contributed by atoms with Crippen molar-refractivity contribution in [1.29, 1.82) is 0 Å². The molecular weight excluding hydrogens is 233 g/mol. The van der Waals surface area contributed by atoms with Gasteiger partial charge in [-0.3, -0.25) is 4.90 Å². The predicted octanol–water partition coefficient (Wildman–Crippen LogP) is 1.88. The van der Waals surface area contributed by atoms with Crippen molar-refractivity contribution in [2.75, 3.05) is 33.4 Å². The second-order valence-electron chi connectivity index (χ2n) is 4.49. The summed E-state index contributed by atoms with van der Waals surface area (Å²) >= 11 is 0. The lowest BCUT2D eigenvalue weighted by Gasteiger charge is -2.28. The summed E-state index contributed by atoms with van der Waals surface area (Å²) in [6, 6.07) is 0.0380. The van der Waals surface area contributed by atoms with Crippen LogP contribution in [0.15, 0.2) is 0 Å². The summed E-state index contributed by atoms with van der Waals surface area (Å²) in [7, 11) is 1.60. The minimum Gasteiger partial charge on any atom is -0.383 e. The molecule has 1 atom stereocenters. The Kier molecular flexibility index (Phi) is 7.74. The van der Waals surface area contributed by atoms with Gasteiger partial charge >= 0.3 is 6.18 Å². The van der Waals surface area contributed by atoms with Crippen LogP contribution in [0.4, 0.5) is 13.2 Å². The summed E-state index contributed by atoms with van der Waals surface area (Å²) in [5.41, 5.74) is 0. The molecule has 0 bridgehead atoms. The van der Waals surface area contributed by atoms with E-state index in [1.807, 2.05) is 6.92 Å². The van der Waals surface area contributed by atoms with Gasteiger partial charge in [0.1, 0.15) is 0 Å². The van der Waals surface area contributed by atoms with Crippen LogP contribution < -0.4 is 5.32 Å². The van der Waals surface area contributed by atoms with Gasteiger partial charge in [0.05, 0.1) is 13.2 Å². The first kappa shape index (κ1) is 16.7. The van der Waals surface area contributed by atoms with Crippen LogP contribution in [0.2, 0.25) is 0 Å². The first-order valence-electron chi connectivity index (χ1n) is 5.79. The Bertz CT molecular complexity index is 198. The van der Waals surface area contributed by atoms with Crippen LogP contribution in [-0.4, -0.2) is 56.5 Å². The number of rotatable bonds is 8. The lowest BCUT2D eigenvalue weighted by atomic mass is 10.3. The van der Waals surface area contributed by atoms with Gasteiger partial charge in [-0.1, -0.05) is 0 Å². The van der Waals surface area contributed by atoms with Gasteiger partial charge in [-0.15, -0.1) is 0 Å². The number of nitrogens with zero attached hydrogens (tertiary/aromatic N) is 1. The van der Waals surface area contributed by atoms with E-state index in [9.17, 15) is 13.2 Å². The highest BCUT2D eigenvalue weighted by atomic mass is 19.4. The van der Waals surface area contributed by atoms with E-state index in [1.54, 1.807) is 21.0 Å². The third-order valence-corrected chi connectivity index (χ3v) is 2.42. The highest BCUT2D eigenvalue weighted by molar-refractivity contribution is 4.69. The summed E-state index contributed by atoms with van der Waals surface area (Å²) in [6.45, 7) is 6.08. The van der Waals surface area contributed by atoms with Crippen molar-refractivity contribution in [3.05, 3.63) is 0 Å². The van der Waals surface area contributed by atoms with Crippen molar-refractivity contribution in [2.45, 2.75) is 39.0 Å². The maximum Gasteiger partial charge on any atom is 0.401 e. The maximum atomic E-state index is 12.3. The van der Waals surface area contributed by atoms with E-state index in [-0.39, 0.29) is 12.1 Å². The van der Waals surface area contributed by atoms with Gasteiger partial charge in [0.25, 0.3) is 0 Å². The fourth-order valence-electron chi connectivity index (χ4n) is 1.51. The highest BCUT2D eigenvalue weighted by Gasteiger charge is 2.31. The van der Waals surface area contributed by atoms with E-state index in [0.717, 1.165) is 0 Å². The Labute approximate surface area is 101 Å². The Hall–Kier alpha value is -0.330. The first-order valence-corrected chi connectivity index (χ1v) is 5.79. The quantitative estimate of drug-likeness (QED) is 0.717. The molecule has 0 rings (SSSR count). The average molecular weight is 256 g/mol. The smallest absolute Gasteiger partial charge is 0.383 e. The molecule has 104 valence electrons. The Morgan fingerprint density at radius 2 is 1.82 bits per heavy atom. The van der Waals surface area contributed by atoms with Gasteiger partial charge in [-0.25, -0.2) is 0 Å². The number of hydrogen-bond donors (Lipinski definition) is 1. The summed E-state index contributed by atoms with van der Waals surface area (Å²) in [4.78, 5) is 1.41. The molecule has 0 radical (unpaired) electrons. The third kappa shape index (κ3) is 9.38. The molecule has 0 heterocycles. The molecule has 0 spiro atoms. The Morgan fingerprint density at radius 3 is 2.24 bits per heavy atom. The van der Waals surface area contributed by atoms with Crippen molar-refractivity contribution in [2.24, 2.45) is 0 Å². The minimum absolute atomic E-state index is 0.115. The molecule has 0 amide bonds. The van der Waals surface area contributed by atoms with Crippen LogP contribution in [0.1, 0.15) is 20.8 Å². The second-order valence-corrected chi connectivity index (χ2v) is 4.49. The molecule has 0 aliphatic rings. The molecule has 1 N–H and O–H groups in total. The average Bonchev–Trinajstić information content (AvgIpc) is 2.14. The zero-order valence-electron chi connectivity index (χ0n) is 11.0. The summed E-state index contributed by atoms with van der Waals surface area (Å²) in [5, 5.41) is 3.12. The second kappa shape index (κ2) is 7.89. The maximum absolute atomic E-state index is 12.3. The molecule has 0 saturated carbocycles. The van der Waals surface area contributed by atoms with Crippen molar-refractivity contribution in [1.82, 2.24) is 10.2 Å². The van der Waals surface area contributed by atoms with Crippen molar-refractivity contribution < 1.29 is 17.9 Å². The molecule has 0 aromatic rings. The van der Waals surface area contributed by atoms with Gasteiger partial charge in [-0.2, -0.15) is 13.2 Å². The van der Waals surface area contributed by atoms with Gasteiger partial charge in [0.2, 0.25) is 0 Å². The number of hydrogen-bond acceptors (Lipinski definition) is 3. The zero-order chi connectivity index (χ0) is 13.5. The Morgan fingerprint density at radius 1 is 1.24 bits per heavy atom. The van der Waals surface area contributed by atoms with Gasteiger partial charge in [0.15, 0.2) is 0 Å². The van der Waals surface area contributed by atoms with Crippen molar-refractivity contribution in [3.8, 4) is 0 Å². The topological polar surface area (TPSA) is 24.5 Å². The molecule has 3 nitrogen and oxygen atoms in total. The SMILES string of the molecule is COCC(C)NCCN(CC(F)(F)F)C(C)C. The number of methoxy groups -OCH3 is 1. The van der Waals surface area contributed by atoms with E-state index in [1.165, 1.54) is 4.90 Å². The van der Waals surface area contributed by atoms with Crippen molar-refractivity contribution >= 4 is 0 Å². The van der Waals surface area contributed by atoms with Crippen LogP contribution in [0, 0.1) is 0 Å². The predicted molar refractivity (Wildman–Crippen MR) is 62.1 cm³/mol. The number of alkyl halides is 3. The summed E-state index contributed by atoms with van der Waals surface area (Å²) in [5.74, 6) is 0. The van der Waals surface area contributed by atoms with E-state index < -0.39 is 12.7 Å². The van der Waals surface area contributed by atoms with Crippen LogP contribution in [0.3, 0.4) is 0 Å². The normalized spacial score (nSPS) is 14.6. The van der Waals surface area contributed by atoms with E-state index in [0.29, 0.717) is 19.7 Å². The zero-order valence-corrected chi connectivity index (χ0v) is 11.0. The van der Waals surface area contributed by atoms with Gasteiger partial charge < -0.3 is 10.1 Å². The molecule has 0 aromatic carbocycles. The number of ether oxygens (including phenoxy) is 1. The third-order valence-electron chi connectivity index (χ3n) is 2.42. The minimum atomic E-state index is -4.14. The standard InChI is InChI=1S/C11H23F3N2O/c1-9(2)16(8-11(12,13)14)6-5-15-10(3)7-17-4/h9-10,15H,5-8H2,1-4H3. The molecule has 0 aromatic heterocycles. The van der Waals surface area contributed by atoms with Crippen LogP contribution in [0.25, 0.3) is 0 Å². The van der Waals surface area contributed by atoms with Crippen LogP contribution >= 0.6 is 0 Å². The molecule has 17 heavy (non-hydrogen) atoms. The number of nitrogens with one attached hydrogen (secondary N) is 1. The van der Waals surface area contributed by atoms with E-state index in [2.05, 4.69) is 5.32 Å². The Balaban J connectivity index is 3.94. The molecule has 0 aliphatic heterocycles. The highest BCUT2D eigenvalue weighted by Crippen LogP contribution is 2.17. The van der Waals surface area contributed by atoms with E-state index in [4.69, 9.17) is 4.74 Å². The number of halogens is 3. The first-order chi connectivity index (χ1) is 7.76. The summed E-state index contributed by atoms with van der Waals surface area (Å²) < 4.78 is 41.8. The molecule has 6 heteroatoms. The van der Waals surface area contributed by atoms with E-state index >= 15 is 0 Å². The lowest BCUT2D eigenvalue weighted by Crippen LogP contribution is -2.44. The van der Waals surface area contributed by atoms with Crippen LogP contribution in [-0.2, 0) is 4.74 Å². The molecule has 0 saturated heterocycles. The van der Waals surface area contributed by atoms with Gasteiger partial charge in [0, 0.05) is 32.3 Å². The fraction of sp³-hybridized carbons (Fsp3) is 1.00. The fourth-order valence-corrected chi connectivity index (χ4v) is 1.51. The molecule has 1 unspecified atom stereocenters.